The fourth-order valence-electron chi connectivity index (χ4n) is 3.04. The molecule has 0 radical (unpaired) electrons. The minimum Gasteiger partial charge on any atom is -0.383 e. The quantitative estimate of drug-likeness (QED) is 0.858. The van der Waals surface area contributed by atoms with Gasteiger partial charge in [0.15, 0.2) is 0 Å². The number of hydrogen-bond acceptors (Lipinski definition) is 2. The SMILES string of the molecule is COCC(NC(C)c1cccc2ccccc12)C1CC1. The predicted octanol–water partition coefficient (Wildman–Crippen LogP) is 3.92. The molecule has 20 heavy (non-hydrogen) atoms. The maximum absolute atomic E-state index is 5.37. The van der Waals surface area contributed by atoms with Crippen molar-refractivity contribution in [1.82, 2.24) is 5.32 Å². The average molecular weight is 269 g/mol. The summed E-state index contributed by atoms with van der Waals surface area (Å²) in [7, 11) is 1.79. The van der Waals surface area contributed by atoms with Gasteiger partial charge in [-0.1, -0.05) is 42.5 Å². The van der Waals surface area contributed by atoms with E-state index in [0.29, 0.717) is 12.1 Å². The predicted molar refractivity (Wildman–Crippen MR) is 83.9 cm³/mol. The zero-order valence-corrected chi connectivity index (χ0v) is 12.3. The summed E-state index contributed by atoms with van der Waals surface area (Å²) in [4.78, 5) is 0. The van der Waals surface area contributed by atoms with E-state index in [1.165, 1.54) is 29.2 Å². The van der Waals surface area contributed by atoms with Gasteiger partial charge >= 0.3 is 0 Å². The molecule has 2 aromatic carbocycles. The van der Waals surface area contributed by atoms with Crippen molar-refractivity contribution in [3.63, 3.8) is 0 Å². The van der Waals surface area contributed by atoms with Crippen LogP contribution in [0.1, 0.15) is 31.4 Å². The zero-order chi connectivity index (χ0) is 13.9. The fourth-order valence-corrected chi connectivity index (χ4v) is 3.04. The van der Waals surface area contributed by atoms with E-state index in [-0.39, 0.29) is 0 Å². The van der Waals surface area contributed by atoms with Crippen LogP contribution in [0.4, 0.5) is 0 Å². The van der Waals surface area contributed by atoms with E-state index in [2.05, 4.69) is 54.7 Å². The normalized spacial score (nSPS) is 18.1. The van der Waals surface area contributed by atoms with Gasteiger partial charge in [-0.05, 0) is 42.0 Å². The van der Waals surface area contributed by atoms with Gasteiger partial charge in [0.05, 0.1) is 6.61 Å². The van der Waals surface area contributed by atoms with Gasteiger partial charge in [-0.2, -0.15) is 0 Å². The molecule has 0 saturated heterocycles. The Morgan fingerprint density at radius 2 is 1.90 bits per heavy atom. The highest BCUT2D eigenvalue weighted by molar-refractivity contribution is 5.86. The minimum atomic E-state index is 0.349. The first-order chi connectivity index (χ1) is 9.79. The lowest BCUT2D eigenvalue weighted by molar-refractivity contribution is 0.152. The van der Waals surface area contributed by atoms with E-state index >= 15 is 0 Å². The zero-order valence-electron chi connectivity index (χ0n) is 12.3. The molecule has 2 nitrogen and oxygen atoms in total. The first-order valence-electron chi connectivity index (χ1n) is 7.52. The monoisotopic (exact) mass is 269 g/mol. The van der Waals surface area contributed by atoms with Crippen molar-refractivity contribution < 1.29 is 4.74 Å². The van der Waals surface area contributed by atoms with E-state index in [1.807, 2.05) is 0 Å². The summed E-state index contributed by atoms with van der Waals surface area (Å²) in [6, 6.07) is 16.0. The Balaban J connectivity index is 1.82. The Labute approximate surface area is 121 Å². The van der Waals surface area contributed by atoms with Crippen LogP contribution in [0.5, 0.6) is 0 Å². The smallest absolute Gasteiger partial charge is 0.0618 e. The molecule has 1 aliphatic rings. The Bertz CT molecular complexity index is 571. The van der Waals surface area contributed by atoms with Crippen LogP contribution in [0.15, 0.2) is 42.5 Å². The highest BCUT2D eigenvalue weighted by Gasteiger charge is 2.32. The van der Waals surface area contributed by atoms with Crippen LogP contribution in [-0.4, -0.2) is 19.8 Å². The Morgan fingerprint density at radius 3 is 2.65 bits per heavy atom. The topological polar surface area (TPSA) is 21.3 Å². The largest absolute Gasteiger partial charge is 0.383 e. The van der Waals surface area contributed by atoms with Crippen molar-refractivity contribution in [3.05, 3.63) is 48.0 Å². The van der Waals surface area contributed by atoms with Crippen LogP contribution < -0.4 is 5.32 Å². The number of nitrogens with one attached hydrogen (secondary N) is 1. The van der Waals surface area contributed by atoms with Crippen molar-refractivity contribution in [3.8, 4) is 0 Å². The molecular weight excluding hydrogens is 246 g/mol. The number of rotatable bonds is 6. The van der Waals surface area contributed by atoms with E-state index in [9.17, 15) is 0 Å². The second-order valence-electron chi connectivity index (χ2n) is 5.86. The average Bonchev–Trinajstić information content (AvgIpc) is 3.31. The van der Waals surface area contributed by atoms with Gasteiger partial charge in [0, 0.05) is 19.2 Å². The van der Waals surface area contributed by atoms with Gasteiger partial charge in [0.2, 0.25) is 0 Å². The molecule has 0 bridgehead atoms. The third-order valence-electron chi connectivity index (χ3n) is 4.29. The molecule has 2 heteroatoms. The number of benzene rings is 2. The second-order valence-corrected chi connectivity index (χ2v) is 5.86. The molecule has 0 aliphatic heterocycles. The lowest BCUT2D eigenvalue weighted by Gasteiger charge is -2.24. The van der Waals surface area contributed by atoms with Gasteiger partial charge in [-0.15, -0.1) is 0 Å². The van der Waals surface area contributed by atoms with Gasteiger partial charge < -0.3 is 10.1 Å². The first-order valence-corrected chi connectivity index (χ1v) is 7.52. The maximum atomic E-state index is 5.37. The fraction of sp³-hybridized carbons (Fsp3) is 0.444. The molecule has 1 fully saturated rings. The van der Waals surface area contributed by atoms with Crippen molar-refractivity contribution in [1.29, 1.82) is 0 Å². The van der Waals surface area contributed by atoms with Crippen LogP contribution in [-0.2, 0) is 4.74 Å². The van der Waals surface area contributed by atoms with Crippen molar-refractivity contribution in [2.75, 3.05) is 13.7 Å². The second kappa shape index (κ2) is 5.94. The minimum absolute atomic E-state index is 0.349. The van der Waals surface area contributed by atoms with E-state index in [0.717, 1.165) is 12.5 Å². The molecule has 2 unspecified atom stereocenters. The van der Waals surface area contributed by atoms with Crippen LogP contribution in [0.2, 0.25) is 0 Å². The molecule has 2 aromatic rings. The lowest BCUT2D eigenvalue weighted by atomic mass is 9.99. The summed E-state index contributed by atoms with van der Waals surface area (Å²) in [5.41, 5.74) is 1.38. The molecule has 1 aliphatic carbocycles. The van der Waals surface area contributed by atoms with E-state index < -0.39 is 0 Å². The summed E-state index contributed by atoms with van der Waals surface area (Å²) in [5, 5.41) is 6.43. The van der Waals surface area contributed by atoms with Crippen molar-refractivity contribution in [2.45, 2.75) is 31.8 Å². The maximum Gasteiger partial charge on any atom is 0.0618 e. The standard InChI is InChI=1S/C18H23NO/c1-13(19-18(12-20-2)15-10-11-15)16-9-5-7-14-6-3-4-8-17(14)16/h3-9,13,15,18-19H,10-12H2,1-2H3. The van der Waals surface area contributed by atoms with Gasteiger partial charge in [0.1, 0.15) is 0 Å². The molecule has 1 N–H and O–H groups in total. The Hall–Kier alpha value is -1.38. The first kappa shape index (κ1) is 13.6. The number of hydrogen-bond donors (Lipinski definition) is 1. The molecule has 0 amide bonds. The van der Waals surface area contributed by atoms with Gasteiger partial charge in [-0.25, -0.2) is 0 Å². The molecule has 2 atom stereocenters. The van der Waals surface area contributed by atoms with Gasteiger partial charge in [-0.3, -0.25) is 0 Å². The lowest BCUT2D eigenvalue weighted by Crippen LogP contribution is -2.37. The van der Waals surface area contributed by atoms with Crippen LogP contribution >= 0.6 is 0 Å². The van der Waals surface area contributed by atoms with Crippen LogP contribution in [0.3, 0.4) is 0 Å². The van der Waals surface area contributed by atoms with Gasteiger partial charge in [0.25, 0.3) is 0 Å². The molecule has 3 rings (SSSR count). The highest BCUT2D eigenvalue weighted by Crippen LogP contribution is 2.34. The summed E-state index contributed by atoms with van der Waals surface area (Å²) >= 11 is 0. The molecule has 1 saturated carbocycles. The van der Waals surface area contributed by atoms with E-state index in [4.69, 9.17) is 4.74 Å². The summed E-state index contributed by atoms with van der Waals surface area (Å²) in [5.74, 6) is 0.798. The van der Waals surface area contributed by atoms with Crippen LogP contribution in [0.25, 0.3) is 10.8 Å². The molecule has 0 spiro atoms. The highest BCUT2D eigenvalue weighted by atomic mass is 16.5. The summed E-state index contributed by atoms with van der Waals surface area (Å²) in [6.07, 6.45) is 2.67. The molecule has 0 heterocycles. The van der Waals surface area contributed by atoms with Crippen molar-refractivity contribution >= 4 is 10.8 Å². The third kappa shape index (κ3) is 2.87. The third-order valence-corrected chi connectivity index (χ3v) is 4.29. The number of fused-ring (bicyclic) bond motifs is 1. The summed E-state index contributed by atoms with van der Waals surface area (Å²) in [6.45, 7) is 3.06. The molecule has 106 valence electrons. The molecular formula is C18H23NO. The van der Waals surface area contributed by atoms with Crippen LogP contribution in [0, 0.1) is 5.92 Å². The van der Waals surface area contributed by atoms with Crippen molar-refractivity contribution in [2.24, 2.45) is 5.92 Å². The summed E-state index contributed by atoms with van der Waals surface area (Å²) < 4.78 is 5.37. The number of methoxy groups -OCH3 is 1. The van der Waals surface area contributed by atoms with E-state index in [1.54, 1.807) is 7.11 Å². The number of ether oxygens (including phenoxy) is 1. The Morgan fingerprint density at radius 1 is 1.15 bits per heavy atom. The Kier molecular flexibility index (Phi) is 4.04. The molecule has 0 aromatic heterocycles.